The molecule has 1 heterocycles. The summed E-state index contributed by atoms with van der Waals surface area (Å²) < 4.78 is 11.2. The third-order valence-corrected chi connectivity index (χ3v) is 4.06. The fraction of sp³-hybridized carbons (Fsp3) is 0.105. The number of rotatable bonds is 4. The lowest BCUT2D eigenvalue weighted by atomic mass is 10.1. The normalized spacial score (nSPS) is 10.5. The minimum Gasteiger partial charge on any atom is -0.423 e. The molecule has 1 N–H and O–H groups in total. The van der Waals surface area contributed by atoms with Gasteiger partial charge in [-0.3, -0.25) is 4.79 Å². The van der Waals surface area contributed by atoms with Crippen molar-refractivity contribution in [3.8, 4) is 5.75 Å². The van der Waals surface area contributed by atoms with Crippen LogP contribution in [0.4, 0.5) is 0 Å². The predicted octanol–water partition coefficient (Wildman–Crippen LogP) is 3.41. The average Bonchev–Trinajstić information content (AvgIpc) is 2.59. The summed E-state index contributed by atoms with van der Waals surface area (Å²) in [6.07, 6.45) is 0. The lowest BCUT2D eigenvalue weighted by Gasteiger charge is -2.06. The van der Waals surface area contributed by atoms with Crippen LogP contribution in [0.2, 0.25) is 0 Å². The van der Waals surface area contributed by atoms with Gasteiger partial charge in [0.25, 0.3) is 0 Å². The number of nitrogens with one attached hydrogen (secondary N) is 1. The van der Waals surface area contributed by atoms with Crippen LogP contribution < -0.4 is 15.7 Å². The van der Waals surface area contributed by atoms with Crippen LogP contribution in [0, 0.1) is 0 Å². The molecular formula is C19H14BrNO5. The van der Waals surface area contributed by atoms with E-state index in [4.69, 9.17) is 9.15 Å². The highest BCUT2D eigenvalue weighted by atomic mass is 79.9. The van der Waals surface area contributed by atoms with Crippen LogP contribution in [0.5, 0.6) is 5.75 Å². The summed E-state index contributed by atoms with van der Waals surface area (Å²) >= 11 is 3.29. The first-order chi connectivity index (χ1) is 12.4. The lowest BCUT2D eigenvalue weighted by Crippen LogP contribution is -2.19. The maximum absolute atomic E-state index is 12.3. The van der Waals surface area contributed by atoms with Crippen molar-refractivity contribution in [2.24, 2.45) is 0 Å². The molecule has 0 saturated heterocycles. The molecule has 0 aliphatic heterocycles. The molecular weight excluding hydrogens is 402 g/mol. The Morgan fingerprint density at radius 1 is 1.15 bits per heavy atom. The number of carbonyl (C=O) groups excluding carboxylic acids is 2. The highest BCUT2D eigenvalue weighted by Crippen LogP contribution is 2.20. The summed E-state index contributed by atoms with van der Waals surface area (Å²) in [4.78, 5) is 35.5. The Balaban J connectivity index is 1.91. The summed E-state index contributed by atoms with van der Waals surface area (Å²) in [5.74, 6) is -0.641. The topological polar surface area (TPSA) is 85.6 Å². The lowest BCUT2D eigenvalue weighted by molar-refractivity contribution is -0.119. The standard InChI is InChI=1S/C19H14BrNO5/c1-11(22)21-10-12-5-6-17-13(7-12)8-16(19(24)26-17)18(23)25-15-4-2-3-14(20)9-15/h2-9H,10H2,1H3,(H,21,22). The minimum absolute atomic E-state index is 0.150. The number of benzene rings is 2. The van der Waals surface area contributed by atoms with Gasteiger partial charge in [0, 0.05) is 23.3 Å². The molecule has 7 heteroatoms. The van der Waals surface area contributed by atoms with Crippen LogP contribution in [0.1, 0.15) is 22.8 Å². The molecule has 1 aromatic heterocycles. The van der Waals surface area contributed by atoms with Gasteiger partial charge >= 0.3 is 11.6 Å². The van der Waals surface area contributed by atoms with Gasteiger partial charge in [-0.1, -0.05) is 28.1 Å². The third kappa shape index (κ3) is 4.18. The molecule has 0 radical (unpaired) electrons. The van der Waals surface area contributed by atoms with E-state index in [-0.39, 0.29) is 11.5 Å². The number of halogens is 1. The van der Waals surface area contributed by atoms with Crippen molar-refractivity contribution in [1.82, 2.24) is 5.32 Å². The van der Waals surface area contributed by atoms with Crippen LogP contribution in [0.3, 0.4) is 0 Å². The van der Waals surface area contributed by atoms with Crippen LogP contribution in [-0.2, 0) is 11.3 Å². The van der Waals surface area contributed by atoms with Gasteiger partial charge in [-0.05, 0) is 42.0 Å². The zero-order valence-corrected chi connectivity index (χ0v) is 15.3. The van der Waals surface area contributed by atoms with E-state index in [2.05, 4.69) is 21.2 Å². The first kappa shape index (κ1) is 17.9. The molecule has 0 saturated carbocycles. The monoisotopic (exact) mass is 415 g/mol. The van der Waals surface area contributed by atoms with Crippen molar-refractivity contribution < 1.29 is 18.7 Å². The van der Waals surface area contributed by atoms with E-state index >= 15 is 0 Å². The van der Waals surface area contributed by atoms with Crippen LogP contribution in [0.15, 0.2) is 62.2 Å². The molecule has 2 aromatic carbocycles. The van der Waals surface area contributed by atoms with Gasteiger partial charge in [-0.25, -0.2) is 9.59 Å². The van der Waals surface area contributed by atoms with Gasteiger partial charge in [-0.15, -0.1) is 0 Å². The molecule has 0 bridgehead atoms. The number of esters is 1. The molecule has 0 spiro atoms. The molecule has 1 amide bonds. The fourth-order valence-electron chi connectivity index (χ4n) is 2.34. The van der Waals surface area contributed by atoms with Crippen molar-refractivity contribution in [3.63, 3.8) is 0 Å². The van der Waals surface area contributed by atoms with Crippen LogP contribution in [0.25, 0.3) is 11.0 Å². The highest BCUT2D eigenvalue weighted by Gasteiger charge is 2.16. The quantitative estimate of drug-likeness (QED) is 0.400. The second-order valence-corrected chi connectivity index (χ2v) is 6.49. The molecule has 0 unspecified atom stereocenters. The van der Waals surface area contributed by atoms with Crippen molar-refractivity contribution in [3.05, 3.63) is 74.6 Å². The van der Waals surface area contributed by atoms with Crippen LogP contribution >= 0.6 is 15.9 Å². The predicted molar refractivity (Wildman–Crippen MR) is 99.1 cm³/mol. The Bertz CT molecular complexity index is 1060. The zero-order valence-electron chi connectivity index (χ0n) is 13.7. The smallest absolute Gasteiger partial charge is 0.351 e. The molecule has 132 valence electrons. The van der Waals surface area contributed by atoms with Crippen LogP contribution in [-0.4, -0.2) is 11.9 Å². The molecule has 0 fully saturated rings. The van der Waals surface area contributed by atoms with Crippen molar-refractivity contribution in [1.29, 1.82) is 0 Å². The van der Waals surface area contributed by atoms with Crippen molar-refractivity contribution in [2.75, 3.05) is 0 Å². The van der Waals surface area contributed by atoms with E-state index in [0.29, 0.717) is 23.3 Å². The second kappa shape index (κ2) is 7.53. The van der Waals surface area contributed by atoms with Gasteiger partial charge in [0.05, 0.1) is 0 Å². The van der Waals surface area contributed by atoms with Gasteiger partial charge in [0.1, 0.15) is 16.9 Å². The number of hydrogen-bond acceptors (Lipinski definition) is 5. The van der Waals surface area contributed by atoms with E-state index in [1.807, 2.05) is 0 Å². The number of hydrogen-bond donors (Lipinski definition) is 1. The zero-order chi connectivity index (χ0) is 18.7. The molecule has 0 aliphatic carbocycles. The second-order valence-electron chi connectivity index (χ2n) is 5.58. The fourth-order valence-corrected chi connectivity index (χ4v) is 2.72. The largest absolute Gasteiger partial charge is 0.423 e. The molecule has 26 heavy (non-hydrogen) atoms. The summed E-state index contributed by atoms with van der Waals surface area (Å²) in [6, 6.07) is 13.3. The Hall–Kier alpha value is -2.93. The van der Waals surface area contributed by atoms with E-state index < -0.39 is 11.6 Å². The van der Waals surface area contributed by atoms with E-state index in [1.165, 1.54) is 13.0 Å². The van der Waals surface area contributed by atoms with Gasteiger partial charge in [-0.2, -0.15) is 0 Å². The molecule has 6 nitrogen and oxygen atoms in total. The Morgan fingerprint density at radius 3 is 2.69 bits per heavy atom. The molecule has 0 aliphatic rings. The highest BCUT2D eigenvalue weighted by molar-refractivity contribution is 9.10. The molecule has 3 aromatic rings. The summed E-state index contributed by atoms with van der Waals surface area (Å²) in [7, 11) is 0. The number of amides is 1. The van der Waals surface area contributed by atoms with Gasteiger partial charge in [0.2, 0.25) is 5.91 Å². The van der Waals surface area contributed by atoms with E-state index in [9.17, 15) is 14.4 Å². The Morgan fingerprint density at radius 2 is 1.96 bits per heavy atom. The van der Waals surface area contributed by atoms with Crippen molar-refractivity contribution in [2.45, 2.75) is 13.5 Å². The first-order valence-corrected chi connectivity index (χ1v) is 8.50. The average molecular weight is 416 g/mol. The number of carbonyl (C=O) groups is 2. The molecule has 3 rings (SSSR count). The number of fused-ring (bicyclic) bond motifs is 1. The Kier molecular flexibility index (Phi) is 5.18. The SMILES string of the molecule is CC(=O)NCc1ccc2oc(=O)c(C(=O)Oc3cccc(Br)c3)cc2c1. The Labute approximate surface area is 156 Å². The van der Waals surface area contributed by atoms with Gasteiger partial charge < -0.3 is 14.5 Å². The molecule has 0 atom stereocenters. The maximum Gasteiger partial charge on any atom is 0.351 e. The van der Waals surface area contributed by atoms with E-state index in [0.717, 1.165) is 10.0 Å². The first-order valence-electron chi connectivity index (χ1n) is 7.71. The van der Waals surface area contributed by atoms with E-state index in [1.54, 1.807) is 42.5 Å². The van der Waals surface area contributed by atoms with Crippen molar-refractivity contribution >= 4 is 38.8 Å². The van der Waals surface area contributed by atoms with Gasteiger partial charge in [0.15, 0.2) is 0 Å². The maximum atomic E-state index is 12.3. The summed E-state index contributed by atoms with van der Waals surface area (Å²) in [5, 5.41) is 3.25. The minimum atomic E-state index is -0.800. The summed E-state index contributed by atoms with van der Waals surface area (Å²) in [5.41, 5.74) is 0.190. The number of ether oxygens (including phenoxy) is 1. The third-order valence-electron chi connectivity index (χ3n) is 3.56. The summed E-state index contributed by atoms with van der Waals surface area (Å²) in [6.45, 7) is 1.76.